The standard InChI is InChI=1S/C33H33N5O6/c1-4-44-28(39)21-37-17-11-14-24(19-37)30-25(20-38(36-30)26-15-9-6-10-16-26)18-27(32(41)35-29(22(2)3)33(42)43)34-31(40)23-12-7-5-8-13-23/h5-20,22,29H,4,21H2,1-3H3,(H2-,34,35,40,41,42,43)/p+1. The van der Waals surface area contributed by atoms with E-state index < -0.39 is 35.7 Å². The van der Waals surface area contributed by atoms with Gasteiger partial charge in [-0.2, -0.15) is 9.67 Å². The second-order valence-electron chi connectivity index (χ2n) is 10.2. The van der Waals surface area contributed by atoms with Gasteiger partial charge in [0.1, 0.15) is 17.4 Å². The molecule has 0 saturated heterocycles. The number of para-hydroxylation sites is 1. The molecule has 44 heavy (non-hydrogen) atoms. The maximum atomic E-state index is 13.6. The van der Waals surface area contributed by atoms with Crippen LogP contribution in [0.5, 0.6) is 0 Å². The zero-order chi connectivity index (χ0) is 31.6. The first kappa shape index (κ1) is 31.4. The van der Waals surface area contributed by atoms with Gasteiger partial charge in [-0.15, -0.1) is 0 Å². The predicted octanol–water partition coefficient (Wildman–Crippen LogP) is 3.39. The number of rotatable bonds is 12. The number of hydrogen-bond donors (Lipinski definition) is 3. The molecular formula is C33H34N5O6+. The predicted molar refractivity (Wildman–Crippen MR) is 162 cm³/mol. The largest absolute Gasteiger partial charge is 0.480 e. The summed E-state index contributed by atoms with van der Waals surface area (Å²) in [6.45, 7) is 5.33. The number of aliphatic carboxylic acids is 1. The molecule has 3 N–H and O–H groups in total. The zero-order valence-electron chi connectivity index (χ0n) is 24.6. The topological polar surface area (TPSA) is 143 Å². The van der Waals surface area contributed by atoms with Gasteiger partial charge in [-0.1, -0.05) is 50.2 Å². The van der Waals surface area contributed by atoms with Crippen LogP contribution in [0.15, 0.2) is 97.1 Å². The normalized spacial score (nSPS) is 12.0. The summed E-state index contributed by atoms with van der Waals surface area (Å²) in [5.41, 5.74) is 2.41. The summed E-state index contributed by atoms with van der Waals surface area (Å²) in [4.78, 5) is 50.7. The Morgan fingerprint density at radius 3 is 2.32 bits per heavy atom. The van der Waals surface area contributed by atoms with E-state index in [1.807, 2.05) is 30.3 Å². The molecule has 2 aromatic heterocycles. The van der Waals surface area contributed by atoms with Crippen molar-refractivity contribution in [3.8, 4) is 16.9 Å². The van der Waals surface area contributed by atoms with E-state index in [0.717, 1.165) is 5.69 Å². The van der Waals surface area contributed by atoms with E-state index in [2.05, 4.69) is 10.6 Å². The molecule has 0 fully saturated rings. The third kappa shape index (κ3) is 8.03. The van der Waals surface area contributed by atoms with Crippen LogP contribution in [0.4, 0.5) is 0 Å². The molecule has 0 aliphatic heterocycles. The molecule has 1 unspecified atom stereocenters. The minimum absolute atomic E-state index is 0.0151. The number of ether oxygens (including phenoxy) is 1. The number of pyridine rings is 1. The molecule has 2 amide bonds. The van der Waals surface area contributed by atoms with E-state index in [4.69, 9.17) is 9.84 Å². The SMILES string of the molecule is CCOC(=O)C[n+]1cccc(-c2nn(-c3ccccc3)cc2C=C(NC(=O)c2ccccc2)C(=O)NC(C(=O)O)C(C)C)c1. The third-order valence-electron chi connectivity index (χ3n) is 6.56. The van der Waals surface area contributed by atoms with Crippen molar-refractivity contribution in [2.75, 3.05) is 6.61 Å². The Morgan fingerprint density at radius 1 is 1.00 bits per heavy atom. The Morgan fingerprint density at radius 2 is 1.68 bits per heavy atom. The molecule has 4 rings (SSSR count). The lowest BCUT2D eigenvalue weighted by molar-refractivity contribution is -0.685. The van der Waals surface area contributed by atoms with Crippen LogP contribution in [-0.2, 0) is 25.7 Å². The van der Waals surface area contributed by atoms with Crippen molar-refractivity contribution in [1.82, 2.24) is 20.4 Å². The lowest BCUT2D eigenvalue weighted by Crippen LogP contribution is -2.47. The Balaban J connectivity index is 1.83. The fourth-order valence-electron chi connectivity index (χ4n) is 4.38. The Hall–Kier alpha value is -5.58. The maximum absolute atomic E-state index is 13.6. The van der Waals surface area contributed by atoms with Crippen LogP contribution in [0.1, 0.15) is 36.7 Å². The van der Waals surface area contributed by atoms with E-state index in [1.54, 1.807) is 91.1 Å². The minimum Gasteiger partial charge on any atom is -0.480 e. The number of carboxylic acid groups (broad SMARTS) is 1. The number of carbonyl (C=O) groups excluding carboxylic acids is 3. The van der Waals surface area contributed by atoms with Crippen molar-refractivity contribution in [3.05, 3.63) is 108 Å². The molecule has 226 valence electrons. The first-order valence-corrected chi connectivity index (χ1v) is 14.1. The fraction of sp³-hybridized carbons (Fsp3) is 0.212. The van der Waals surface area contributed by atoms with Crippen LogP contribution in [-0.4, -0.2) is 51.3 Å². The van der Waals surface area contributed by atoms with E-state index in [0.29, 0.717) is 22.4 Å². The molecule has 4 aromatic rings. The first-order valence-electron chi connectivity index (χ1n) is 14.1. The van der Waals surface area contributed by atoms with Crippen LogP contribution in [0.3, 0.4) is 0 Å². The summed E-state index contributed by atoms with van der Waals surface area (Å²) < 4.78 is 8.37. The Labute approximate surface area is 254 Å². The van der Waals surface area contributed by atoms with Crippen LogP contribution in [0.25, 0.3) is 23.0 Å². The van der Waals surface area contributed by atoms with Crippen molar-refractivity contribution in [1.29, 1.82) is 0 Å². The number of benzene rings is 2. The molecule has 0 aliphatic rings. The van der Waals surface area contributed by atoms with Gasteiger partial charge in [0.15, 0.2) is 12.4 Å². The summed E-state index contributed by atoms with van der Waals surface area (Å²) in [6, 6.07) is 20.0. The van der Waals surface area contributed by atoms with E-state index in [9.17, 15) is 24.3 Å². The number of hydrogen-bond acceptors (Lipinski definition) is 6. The lowest BCUT2D eigenvalue weighted by Gasteiger charge is -2.19. The van der Waals surface area contributed by atoms with Crippen LogP contribution >= 0.6 is 0 Å². The minimum atomic E-state index is -1.20. The molecule has 1 atom stereocenters. The van der Waals surface area contributed by atoms with Crippen LogP contribution in [0, 0.1) is 5.92 Å². The molecule has 2 heterocycles. The smallest absolute Gasteiger partial charge is 0.372 e. The fourth-order valence-corrected chi connectivity index (χ4v) is 4.38. The number of aromatic nitrogens is 3. The highest BCUT2D eigenvalue weighted by atomic mass is 16.5. The monoisotopic (exact) mass is 596 g/mol. The quantitative estimate of drug-likeness (QED) is 0.129. The molecular weight excluding hydrogens is 562 g/mol. The van der Waals surface area contributed by atoms with Gasteiger partial charge in [0.2, 0.25) is 6.54 Å². The summed E-state index contributed by atoms with van der Waals surface area (Å²) >= 11 is 0. The van der Waals surface area contributed by atoms with Crippen molar-refractivity contribution < 1.29 is 33.6 Å². The van der Waals surface area contributed by atoms with Crippen molar-refractivity contribution in [3.63, 3.8) is 0 Å². The highest BCUT2D eigenvalue weighted by Gasteiger charge is 2.26. The highest BCUT2D eigenvalue weighted by Crippen LogP contribution is 2.25. The molecule has 0 spiro atoms. The molecule has 11 heteroatoms. The van der Waals surface area contributed by atoms with Gasteiger partial charge in [-0.3, -0.25) is 9.59 Å². The third-order valence-corrected chi connectivity index (χ3v) is 6.56. The number of esters is 1. The van der Waals surface area contributed by atoms with Gasteiger partial charge >= 0.3 is 11.9 Å². The number of carbonyl (C=O) groups is 4. The highest BCUT2D eigenvalue weighted by molar-refractivity contribution is 6.06. The summed E-state index contributed by atoms with van der Waals surface area (Å²) in [7, 11) is 0. The zero-order valence-corrected chi connectivity index (χ0v) is 24.6. The Kier molecular flexibility index (Phi) is 10.4. The van der Waals surface area contributed by atoms with Gasteiger partial charge in [-0.25, -0.2) is 14.3 Å². The summed E-state index contributed by atoms with van der Waals surface area (Å²) in [6.07, 6.45) is 6.61. The van der Waals surface area contributed by atoms with Crippen LogP contribution in [0.2, 0.25) is 0 Å². The van der Waals surface area contributed by atoms with Gasteiger partial charge < -0.3 is 20.5 Å². The molecule has 0 bridgehead atoms. The average molecular weight is 597 g/mol. The first-order chi connectivity index (χ1) is 21.2. The second kappa shape index (κ2) is 14.5. The molecule has 0 aliphatic carbocycles. The van der Waals surface area contributed by atoms with Gasteiger partial charge in [0.05, 0.1) is 17.9 Å². The molecule has 0 saturated carbocycles. The lowest BCUT2D eigenvalue weighted by atomic mass is 10.0. The average Bonchev–Trinajstić information content (AvgIpc) is 3.44. The van der Waals surface area contributed by atoms with Crippen molar-refractivity contribution in [2.45, 2.75) is 33.4 Å². The van der Waals surface area contributed by atoms with Crippen molar-refractivity contribution in [2.24, 2.45) is 5.92 Å². The van der Waals surface area contributed by atoms with Crippen LogP contribution < -0.4 is 15.2 Å². The number of carboxylic acids is 1. The van der Waals surface area contributed by atoms with Gasteiger partial charge in [-0.05, 0) is 49.2 Å². The van der Waals surface area contributed by atoms with Crippen molar-refractivity contribution >= 4 is 29.8 Å². The maximum Gasteiger partial charge on any atom is 0.372 e. The Bertz CT molecular complexity index is 1660. The van der Waals surface area contributed by atoms with E-state index >= 15 is 0 Å². The molecule has 2 aromatic carbocycles. The molecule has 0 radical (unpaired) electrons. The second-order valence-corrected chi connectivity index (χ2v) is 10.2. The van der Waals surface area contributed by atoms with Gasteiger partial charge in [0.25, 0.3) is 11.8 Å². The number of nitrogens with one attached hydrogen (secondary N) is 2. The number of amides is 2. The summed E-state index contributed by atoms with van der Waals surface area (Å²) in [5, 5.41) is 19.7. The summed E-state index contributed by atoms with van der Waals surface area (Å²) in [5.74, 6) is -3.34. The van der Waals surface area contributed by atoms with Gasteiger partial charge in [0, 0.05) is 23.4 Å². The van der Waals surface area contributed by atoms with E-state index in [-0.39, 0.29) is 18.8 Å². The number of nitrogens with zero attached hydrogens (tertiary/aromatic N) is 3. The van der Waals surface area contributed by atoms with E-state index in [1.165, 1.54) is 6.08 Å². The molecule has 11 nitrogen and oxygen atoms in total.